The van der Waals surface area contributed by atoms with Crippen molar-refractivity contribution >= 4 is 24.2 Å². The molecule has 0 saturated carbocycles. The summed E-state index contributed by atoms with van der Waals surface area (Å²) in [5.74, 6) is 0. The summed E-state index contributed by atoms with van der Waals surface area (Å²) in [7, 11) is -0.552. The summed E-state index contributed by atoms with van der Waals surface area (Å²) in [4.78, 5) is 0. The molecule has 3 nitrogen and oxygen atoms in total. The summed E-state index contributed by atoms with van der Waals surface area (Å²) in [6, 6.07) is 7.23. The minimum Gasteiger partial charge on any atom is -0.399 e. The zero-order valence-corrected chi connectivity index (χ0v) is 11.7. The van der Waals surface area contributed by atoms with Gasteiger partial charge in [-0.2, -0.15) is 5.26 Å². The van der Waals surface area contributed by atoms with Gasteiger partial charge < -0.3 is 9.31 Å². The predicted octanol–water partition coefficient (Wildman–Crippen LogP) is 2.51. The number of hydrogen-bond acceptors (Lipinski definition) is 3. The third-order valence-electron chi connectivity index (χ3n) is 3.64. The summed E-state index contributed by atoms with van der Waals surface area (Å²) in [6.07, 6.45) is 0. The van der Waals surface area contributed by atoms with Crippen LogP contribution in [-0.4, -0.2) is 18.3 Å². The van der Waals surface area contributed by atoms with E-state index in [2.05, 4.69) is 6.07 Å². The van der Waals surface area contributed by atoms with Gasteiger partial charge in [0.2, 0.25) is 0 Å². The molecule has 0 radical (unpaired) electrons. The lowest BCUT2D eigenvalue weighted by molar-refractivity contribution is 0.00578. The first-order valence-corrected chi connectivity index (χ1v) is 6.20. The Morgan fingerprint density at radius 3 is 2.22 bits per heavy atom. The second kappa shape index (κ2) is 4.27. The topological polar surface area (TPSA) is 42.2 Å². The van der Waals surface area contributed by atoms with Crippen LogP contribution in [-0.2, 0) is 9.31 Å². The summed E-state index contributed by atoms with van der Waals surface area (Å²) >= 11 is 5.97. The first-order valence-electron chi connectivity index (χ1n) is 5.82. The molecule has 0 spiro atoms. The zero-order chi connectivity index (χ0) is 13.6. The van der Waals surface area contributed by atoms with Crippen molar-refractivity contribution in [1.82, 2.24) is 0 Å². The molecule has 1 heterocycles. The largest absolute Gasteiger partial charge is 0.496 e. The molecule has 0 aliphatic carbocycles. The zero-order valence-electron chi connectivity index (χ0n) is 11.0. The van der Waals surface area contributed by atoms with Gasteiger partial charge in [-0.1, -0.05) is 11.6 Å². The number of rotatable bonds is 1. The molecule has 0 aromatic heterocycles. The third-order valence-corrected chi connectivity index (χ3v) is 3.88. The van der Waals surface area contributed by atoms with Gasteiger partial charge in [-0.15, -0.1) is 0 Å². The predicted molar refractivity (Wildman–Crippen MR) is 71.9 cm³/mol. The molecule has 1 aromatic carbocycles. The van der Waals surface area contributed by atoms with Gasteiger partial charge in [0.05, 0.1) is 22.8 Å². The average Bonchev–Trinajstić information content (AvgIpc) is 2.48. The Kier molecular flexibility index (Phi) is 3.18. The highest BCUT2D eigenvalue weighted by atomic mass is 35.5. The summed E-state index contributed by atoms with van der Waals surface area (Å²) in [5, 5.41) is 9.69. The Balaban J connectivity index is 2.41. The molecule has 1 aliphatic rings. The fourth-order valence-electron chi connectivity index (χ4n) is 1.80. The quantitative estimate of drug-likeness (QED) is 0.731. The van der Waals surface area contributed by atoms with Gasteiger partial charge in [-0.3, -0.25) is 0 Å². The second-order valence-corrected chi connectivity index (χ2v) is 5.87. The van der Waals surface area contributed by atoms with Gasteiger partial charge in [-0.05, 0) is 45.9 Å². The fourth-order valence-corrected chi connectivity index (χ4v) is 1.98. The highest BCUT2D eigenvalue weighted by Crippen LogP contribution is 2.36. The van der Waals surface area contributed by atoms with Crippen LogP contribution in [0.25, 0.3) is 0 Å². The number of hydrogen-bond donors (Lipinski definition) is 0. The van der Waals surface area contributed by atoms with Crippen molar-refractivity contribution in [2.45, 2.75) is 38.9 Å². The van der Waals surface area contributed by atoms with Crippen molar-refractivity contribution in [1.29, 1.82) is 5.26 Å². The van der Waals surface area contributed by atoms with Gasteiger partial charge >= 0.3 is 7.12 Å². The van der Waals surface area contributed by atoms with Crippen molar-refractivity contribution in [2.75, 3.05) is 0 Å². The maximum Gasteiger partial charge on any atom is 0.496 e. The van der Waals surface area contributed by atoms with E-state index in [-0.39, 0.29) is 0 Å². The van der Waals surface area contributed by atoms with E-state index in [1.54, 1.807) is 18.2 Å². The molecule has 0 amide bonds. The Labute approximate surface area is 113 Å². The lowest BCUT2D eigenvalue weighted by Gasteiger charge is -2.32. The van der Waals surface area contributed by atoms with Gasteiger partial charge in [0, 0.05) is 10.5 Å². The minimum absolute atomic E-state index is 0.424. The Hall–Kier alpha value is -1.02. The maximum absolute atomic E-state index is 9.13. The van der Waals surface area contributed by atoms with Gasteiger partial charge in [0.1, 0.15) is 0 Å². The molecular weight excluding hydrogens is 248 g/mol. The van der Waals surface area contributed by atoms with Crippen molar-refractivity contribution < 1.29 is 9.31 Å². The summed E-state index contributed by atoms with van der Waals surface area (Å²) in [6.45, 7) is 7.90. The maximum atomic E-state index is 9.13. The number of halogens is 1. The van der Waals surface area contributed by atoms with Crippen LogP contribution in [0.1, 0.15) is 33.3 Å². The van der Waals surface area contributed by atoms with Crippen LogP contribution >= 0.6 is 11.6 Å². The summed E-state index contributed by atoms with van der Waals surface area (Å²) < 4.78 is 11.8. The lowest BCUT2D eigenvalue weighted by atomic mass is 9.76. The fraction of sp³-hybridized carbons (Fsp3) is 0.462. The van der Waals surface area contributed by atoms with Crippen LogP contribution in [0.15, 0.2) is 18.2 Å². The van der Waals surface area contributed by atoms with Gasteiger partial charge in [0.25, 0.3) is 0 Å². The molecule has 1 aromatic rings. The van der Waals surface area contributed by atoms with Crippen molar-refractivity contribution in [2.24, 2.45) is 0 Å². The van der Waals surface area contributed by atoms with Gasteiger partial charge in [-0.25, -0.2) is 0 Å². The highest BCUT2D eigenvalue weighted by molar-refractivity contribution is 6.63. The van der Waals surface area contributed by atoms with Crippen LogP contribution < -0.4 is 5.46 Å². The van der Waals surface area contributed by atoms with E-state index in [0.717, 1.165) is 0 Å². The number of nitriles is 1. The van der Waals surface area contributed by atoms with Crippen LogP contribution in [0.2, 0.25) is 5.02 Å². The van der Waals surface area contributed by atoms with E-state index in [4.69, 9.17) is 26.2 Å². The smallest absolute Gasteiger partial charge is 0.399 e. The van der Waals surface area contributed by atoms with Crippen molar-refractivity contribution in [3.05, 3.63) is 28.8 Å². The first-order chi connectivity index (χ1) is 8.27. The van der Waals surface area contributed by atoms with Crippen LogP contribution in [0, 0.1) is 11.3 Å². The molecule has 1 aliphatic heterocycles. The van der Waals surface area contributed by atoms with E-state index in [1.165, 1.54) is 0 Å². The standard InChI is InChI=1S/C13H15BClNO2/c1-12(2)13(3,4)18-14(17-12)11-7-10(15)6-5-9(11)8-16/h5-7H,1-4H3. The second-order valence-electron chi connectivity index (χ2n) is 5.43. The molecule has 0 bridgehead atoms. The van der Waals surface area contributed by atoms with E-state index < -0.39 is 18.3 Å². The molecular formula is C13H15BClNO2. The molecule has 1 fully saturated rings. The molecule has 5 heteroatoms. The molecule has 2 rings (SSSR count). The van der Waals surface area contributed by atoms with E-state index in [1.807, 2.05) is 27.7 Å². The average molecular weight is 264 g/mol. The summed E-state index contributed by atoms with van der Waals surface area (Å²) in [5.41, 5.74) is 0.362. The van der Waals surface area contributed by atoms with Crippen LogP contribution in [0.4, 0.5) is 0 Å². The van der Waals surface area contributed by atoms with Crippen LogP contribution in [0.5, 0.6) is 0 Å². The van der Waals surface area contributed by atoms with Gasteiger partial charge in [0.15, 0.2) is 0 Å². The lowest BCUT2D eigenvalue weighted by Crippen LogP contribution is -2.41. The molecule has 94 valence electrons. The van der Waals surface area contributed by atoms with E-state index >= 15 is 0 Å². The molecule has 1 saturated heterocycles. The molecule has 0 unspecified atom stereocenters. The monoisotopic (exact) mass is 263 g/mol. The SMILES string of the molecule is CC1(C)OB(c2cc(Cl)ccc2C#N)OC1(C)C. The Morgan fingerprint density at radius 1 is 1.17 bits per heavy atom. The van der Waals surface area contributed by atoms with E-state index in [9.17, 15) is 0 Å². The van der Waals surface area contributed by atoms with E-state index in [0.29, 0.717) is 16.0 Å². The Bertz CT molecular complexity index is 506. The van der Waals surface area contributed by atoms with Crippen molar-refractivity contribution in [3.8, 4) is 6.07 Å². The normalized spacial score (nSPS) is 20.8. The molecule has 0 N–H and O–H groups in total. The first kappa shape index (κ1) is 13.4. The number of nitrogens with zero attached hydrogens (tertiary/aromatic N) is 1. The Morgan fingerprint density at radius 2 is 1.72 bits per heavy atom. The molecule has 18 heavy (non-hydrogen) atoms. The highest BCUT2D eigenvalue weighted by Gasteiger charge is 2.52. The molecule has 0 atom stereocenters. The number of benzene rings is 1. The van der Waals surface area contributed by atoms with Crippen molar-refractivity contribution in [3.63, 3.8) is 0 Å². The van der Waals surface area contributed by atoms with Crippen LogP contribution in [0.3, 0.4) is 0 Å². The third kappa shape index (κ3) is 2.14. The minimum atomic E-state index is -0.552.